The molecule has 1 nitrogen and oxygen atoms in total. The zero-order chi connectivity index (χ0) is 70.3. The van der Waals surface area contributed by atoms with E-state index in [4.69, 9.17) is 0 Å². The number of anilines is 3. The van der Waals surface area contributed by atoms with E-state index < -0.39 is 0 Å². The van der Waals surface area contributed by atoms with Crippen LogP contribution < -0.4 is 21.3 Å². The van der Waals surface area contributed by atoms with Crippen molar-refractivity contribution in [2.24, 2.45) is 0 Å². The van der Waals surface area contributed by atoms with Crippen LogP contribution >= 0.6 is 0 Å². The molecule has 0 N–H and O–H groups in total. The van der Waals surface area contributed by atoms with Gasteiger partial charge in [0.2, 0.25) is 6.71 Å². The van der Waals surface area contributed by atoms with E-state index in [2.05, 4.69) is 325 Å². The summed E-state index contributed by atoms with van der Waals surface area (Å²) in [6.45, 7) is 46.6. The molecule has 2 heterocycles. The first kappa shape index (κ1) is 66.6. The van der Waals surface area contributed by atoms with Crippen LogP contribution in [-0.2, 0) is 62.6 Å². The Morgan fingerprint density at radius 3 is 1.57 bits per heavy atom. The molecular weight excluding hydrogens is 1200 g/mol. The maximum absolute atomic E-state index is 2.83. The quantitative estimate of drug-likeness (QED) is 0.159. The summed E-state index contributed by atoms with van der Waals surface area (Å²) in [5, 5.41) is 0. The van der Waals surface area contributed by atoms with Gasteiger partial charge in [-0.25, -0.2) is 0 Å². The molecule has 16 rings (SSSR count). The zero-order valence-electron chi connectivity index (χ0n) is 63.9. The second-order valence-electron chi connectivity index (χ2n) is 38.0. The Labute approximate surface area is 601 Å². The Morgan fingerprint density at radius 2 is 0.900 bits per heavy atom. The third-order valence-corrected chi connectivity index (χ3v) is 26.2. The van der Waals surface area contributed by atoms with E-state index in [0.29, 0.717) is 0 Å². The van der Waals surface area contributed by atoms with Crippen LogP contribution in [0.2, 0.25) is 0 Å². The van der Waals surface area contributed by atoms with Crippen LogP contribution in [0.3, 0.4) is 0 Å². The van der Waals surface area contributed by atoms with E-state index in [0.717, 1.165) is 44.9 Å². The lowest BCUT2D eigenvalue weighted by Gasteiger charge is -2.47. The smallest absolute Gasteiger partial charge is 0.247 e. The number of aryl methyl sites for hydroxylation is 2. The molecule has 10 aromatic carbocycles. The van der Waals surface area contributed by atoms with Crippen molar-refractivity contribution in [3.05, 3.63) is 283 Å². The van der Waals surface area contributed by atoms with Crippen LogP contribution in [0.4, 0.5) is 17.1 Å². The molecule has 4 aliphatic carbocycles. The highest BCUT2D eigenvalue weighted by Gasteiger charge is 2.49. The van der Waals surface area contributed by atoms with Gasteiger partial charge in [-0.15, -0.1) is 0 Å². The first-order chi connectivity index (χ1) is 47.2. The van der Waals surface area contributed by atoms with Crippen LogP contribution in [0.1, 0.15) is 276 Å². The fraction of sp³-hybridized carbons (Fsp3) is 0.388. The molecule has 0 amide bonds. The molecule has 2 atom stereocenters. The molecule has 0 radical (unpaired) electrons. The Kier molecular flexibility index (Phi) is 15.3. The molecule has 508 valence electrons. The topological polar surface area (TPSA) is 3.24 Å². The van der Waals surface area contributed by atoms with Crippen molar-refractivity contribution in [3.8, 4) is 33.4 Å². The van der Waals surface area contributed by atoms with Crippen molar-refractivity contribution in [1.82, 2.24) is 0 Å². The number of fused-ring (bicyclic) bond motifs is 13. The summed E-state index contributed by atoms with van der Waals surface area (Å²) in [6.07, 6.45) is 9.49. The van der Waals surface area contributed by atoms with E-state index in [1.54, 1.807) is 11.1 Å². The average molecular weight is 1310 g/mol. The summed E-state index contributed by atoms with van der Waals surface area (Å²) in [4.78, 5) is 2.83. The summed E-state index contributed by atoms with van der Waals surface area (Å²) < 4.78 is 0. The minimum atomic E-state index is -0.117. The summed E-state index contributed by atoms with van der Waals surface area (Å²) in [6, 6.07) is 77.6. The minimum Gasteiger partial charge on any atom is -0.311 e. The van der Waals surface area contributed by atoms with Gasteiger partial charge in [-0.05, 0) is 253 Å². The van der Waals surface area contributed by atoms with E-state index in [1.165, 1.54) is 163 Å². The van der Waals surface area contributed by atoms with Crippen LogP contribution in [0.15, 0.2) is 188 Å². The number of nitrogens with zero attached hydrogens (tertiary/aromatic N) is 1. The highest BCUT2D eigenvalue weighted by Crippen LogP contribution is 2.56. The molecule has 2 bridgehead atoms. The molecule has 2 unspecified atom stereocenters. The van der Waals surface area contributed by atoms with Gasteiger partial charge in [-0.1, -0.05) is 301 Å². The van der Waals surface area contributed by atoms with Gasteiger partial charge in [0, 0.05) is 34.2 Å². The summed E-state index contributed by atoms with van der Waals surface area (Å²) in [5.41, 5.74) is 41.2. The molecule has 100 heavy (non-hydrogen) atoms. The molecule has 0 saturated carbocycles. The number of benzene rings is 10. The number of rotatable bonds is 4. The Balaban J connectivity index is 1.04. The largest absolute Gasteiger partial charge is 0.311 e. The van der Waals surface area contributed by atoms with E-state index >= 15 is 0 Å². The van der Waals surface area contributed by atoms with Gasteiger partial charge in [0.25, 0.3) is 0 Å². The molecule has 2 aliphatic heterocycles. The first-order valence-corrected chi connectivity index (χ1v) is 38.3. The molecule has 0 saturated heterocycles. The first-order valence-electron chi connectivity index (χ1n) is 38.3. The predicted molar refractivity (Wildman–Crippen MR) is 430 cm³/mol. The van der Waals surface area contributed by atoms with Gasteiger partial charge in [-0.2, -0.15) is 0 Å². The van der Waals surface area contributed by atoms with Gasteiger partial charge in [0.15, 0.2) is 0 Å². The molecule has 6 aliphatic rings. The lowest BCUT2D eigenvalue weighted by atomic mass is 9.30. The Bertz CT molecular complexity index is 4960. The van der Waals surface area contributed by atoms with E-state index in [1.807, 2.05) is 0 Å². The van der Waals surface area contributed by atoms with Gasteiger partial charge in [0.05, 0.1) is 5.69 Å². The minimum absolute atomic E-state index is 0.00335. The lowest BCUT2D eigenvalue weighted by Crippen LogP contribution is -2.62. The van der Waals surface area contributed by atoms with E-state index in [9.17, 15) is 0 Å². The Hall–Kier alpha value is -7.94. The summed E-state index contributed by atoms with van der Waals surface area (Å²) >= 11 is 0. The zero-order valence-corrected chi connectivity index (χ0v) is 63.9. The van der Waals surface area contributed by atoms with Crippen LogP contribution in [0, 0.1) is 0 Å². The van der Waals surface area contributed by atoms with Gasteiger partial charge >= 0.3 is 0 Å². The van der Waals surface area contributed by atoms with Crippen LogP contribution in [0.25, 0.3) is 33.4 Å². The van der Waals surface area contributed by atoms with Crippen LogP contribution in [0.5, 0.6) is 0 Å². The highest BCUT2D eigenvalue weighted by molar-refractivity contribution is 6.99. The molecule has 0 fully saturated rings. The summed E-state index contributed by atoms with van der Waals surface area (Å²) in [7, 11) is 0. The average Bonchev–Trinajstić information content (AvgIpc) is 0.741. The standard InChI is InChI=1S/C98H108BN/c1-91(2,3)68-38-33-62(34-39-68)71-42-35-60-32-40-69(92(4,5)6)51-65(60)50-66-55-81-80(94(10,11)46-47-95(81,12)13)54-63(66)36-43-73-76-52-64(72-29-25-31-79-89(72)74-28-23-24-30-78(74)98(79,18)19)37-44-84(76)99-85-58-82-83(97(16,17)49-48-96(82,14)15)59-87(85)100(88-56-67(71)53-77(73)90(88)99)86-45-41-70(93(7,8)9)57-75(86)61-26-21-20-22-27-61/h20-34,37-41,44-45,51-59,71,73H,35-36,42-43,46-50H2,1-19H3. The molecule has 0 aromatic heterocycles. The van der Waals surface area contributed by atoms with E-state index in [-0.39, 0.29) is 61.9 Å². The van der Waals surface area contributed by atoms with Crippen molar-refractivity contribution in [2.45, 2.75) is 244 Å². The Morgan fingerprint density at radius 1 is 0.350 bits per heavy atom. The fourth-order valence-corrected chi connectivity index (χ4v) is 19.6. The third-order valence-electron chi connectivity index (χ3n) is 26.2. The van der Waals surface area contributed by atoms with Crippen LogP contribution in [-0.4, -0.2) is 6.71 Å². The maximum atomic E-state index is 2.83. The molecule has 10 aromatic rings. The lowest BCUT2D eigenvalue weighted by molar-refractivity contribution is 0.331. The number of hydrogen-bond donors (Lipinski definition) is 0. The third kappa shape index (κ3) is 10.9. The van der Waals surface area contributed by atoms with Gasteiger partial charge in [0.1, 0.15) is 0 Å². The van der Waals surface area contributed by atoms with Crippen molar-refractivity contribution >= 4 is 40.2 Å². The SMILES string of the molecule is CC(C)(C)c1ccc(C2CCc3ccc(C(C)(C)C)cc3Cc3cc4c(cc3CCC3c5cc(-c6cccc7c6-c6ccccc6C7(C)C)ccc5B5c6cc7c(cc6N(c6ccc(C(C)(C)C)cc6-c6ccccc6)c6cc2cc3c65)C(C)(C)CCC7(C)C)C(C)(C)CCC4(C)C)cc1. The second kappa shape index (κ2) is 23.0. The molecule has 2 heteroatoms. The second-order valence-corrected chi connectivity index (χ2v) is 38.0. The number of hydrogen-bond acceptors (Lipinski definition) is 1. The monoisotopic (exact) mass is 1310 g/mol. The normalized spacial score (nSPS) is 19.6. The van der Waals surface area contributed by atoms with Gasteiger partial charge in [-0.3, -0.25) is 0 Å². The van der Waals surface area contributed by atoms with Crippen molar-refractivity contribution in [2.75, 3.05) is 4.90 Å². The predicted octanol–water partition coefficient (Wildman–Crippen LogP) is 24.0. The van der Waals surface area contributed by atoms with Gasteiger partial charge < -0.3 is 4.90 Å². The highest BCUT2D eigenvalue weighted by atomic mass is 15.2. The molecule has 0 spiro atoms. The van der Waals surface area contributed by atoms with Crippen molar-refractivity contribution in [3.63, 3.8) is 0 Å². The van der Waals surface area contributed by atoms with Crippen molar-refractivity contribution < 1.29 is 0 Å². The maximum Gasteiger partial charge on any atom is 0.247 e. The summed E-state index contributed by atoms with van der Waals surface area (Å²) in [5.74, 6) is 0.176. The van der Waals surface area contributed by atoms with Crippen molar-refractivity contribution in [1.29, 1.82) is 0 Å². The molecular formula is C98H108BN. The fourth-order valence-electron chi connectivity index (χ4n) is 19.6.